The van der Waals surface area contributed by atoms with Crippen molar-refractivity contribution in [2.75, 3.05) is 12.0 Å². The summed E-state index contributed by atoms with van der Waals surface area (Å²) in [5, 5.41) is 10.8. The van der Waals surface area contributed by atoms with Gasteiger partial charge >= 0.3 is 0 Å². The van der Waals surface area contributed by atoms with Gasteiger partial charge in [-0.3, -0.25) is 9.48 Å². The van der Waals surface area contributed by atoms with Gasteiger partial charge in [0.2, 0.25) is 23.4 Å². The number of aromatic nitrogens is 7. The molecule has 1 aromatic carbocycles. The van der Waals surface area contributed by atoms with Crippen molar-refractivity contribution in [1.82, 2.24) is 34.9 Å². The lowest BCUT2D eigenvalue weighted by molar-refractivity contribution is 0.0970. The van der Waals surface area contributed by atoms with Crippen molar-refractivity contribution in [1.29, 1.82) is 0 Å². The van der Waals surface area contributed by atoms with Crippen LogP contribution in [0.2, 0.25) is 0 Å². The minimum atomic E-state index is -0.719. The van der Waals surface area contributed by atoms with E-state index in [2.05, 4.69) is 35.5 Å². The van der Waals surface area contributed by atoms with Gasteiger partial charge in [-0.25, -0.2) is 18.7 Å². The van der Waals surface area contributed by atoms with Crippen LogP contribution in [0.4, 0.5) is 20.4 Å². The maximum absolute atomic E-state index is 15.2. The second-order valence-electron chi connectivity index (χ2n) is 8.63. The SMILES string of the molecule is Cc1c(CCC(=O)c2noc(C3(CF)CC3)n2)ccc(-c2ncnc(Nc3cnn(C)c3)n2)c1F. The van der Waals surface area contributed by atoms with Gasteiger partial charge < -0.3 is 9.84 Å². The summed E-state index contributed by atoms with van der Waals surface area (Å²) in [6.45, 7) is 1.05. The third-order valence-electron chi connectivity index (χ3n) is 6.13. The molecule has 1 aliphatic rings. The Kier molecular flexibility index (Phi) is 5.79. The number of hydrogen-bond acceptors (Lipinski definition) is 9. The quantitative estimate of drug-likeness (QED) is 0.357. The zero-order valence-corrected chi connectivity index (χ0v) is 19.1. The van der Waals surface area contributed by atoms with Crippen LogP contribution in [0.1, 0.15) is 46.9 Å². The predicted octanol–water partition coefficient (Wildman–Crippen LogP) is 3.66. The standard InChI is InChI=1S/C23H22F2N8O2/c1-13-14(4-6-17(34)20-30-21(35-32-20)23(11-24)7-8-23)3-5-16(18(13)25)19-26-12-27-22(31-19)29-15-9-28-33(2)10-15/h3,5,9-10,12H,4,6-8,11H2,1-2H3,(H,26,27,29,31). The molecule has 180 valence electrons. The van der Waals surface area contributed by atoms with Crippen molar-refractivity contribution in [2.45, 2.75) is 38.0 Å². The number of hydrogen-bond donors (Lipinski definition) is 1. The Morgan fingerprint density at radius 2 is 2.09 bits per heavy atom. The Balaban J connectivity index is 1.28. The fraction of sp³-hybridized carbons (Fsp3) is 0.348. The van der Waals surface area contributed by atoms with Gasteiger partial charge in [0.05, 0.1) is 22.9 Å². The van der Waals surface area contributed by atoms with E-state index in [0.29, 0.717) is 29.7 Å². The number of Topliss-reactive ketones (excluding diaryl/α,β-unsaturated/α-hetero) is 1. The largest absolute Gasteiger partial charge is 0.338 e. The molecule has 1 saturated carbocycles. The van der Waals surface area contributed by atoms with E-state index in [9.17, 15) is 9.18 Å². The lowest BCUT2D eigenvalue weighted by Crippen LogP contribution is -2.10. The van der Waals surface area contributed by atoms with E-state index in [1.807, 2.05) is 0 Å². The highest BCUT2D eigenvalue weighted by Crippen LogP contribution is 2.47. The molecule has 3 heterocycles. The fourth-order valence-corrected chi connectivity index (χ4v) is 3.74. The van der Waals surface area contributed by atoms with Gasteiger partial charge in [0.25, 0.3) is 0 Å². The molecule has 0 amide bonds. The molecule has 3 aromatic heterocycles. The zero-order valence-electron chi connectivity index (χ0n) is 19.1. The first-order valence-corrected chi connectivity index (χ1v) is 11.0. The summed E-state index contributed by atoms with van der Waals surface area (Å²) in [7, 11) is 1.78. The van der Waals surface area contributed by atoms with Crippen molar-refractivity contribution in [3.63, 3.8) is 0 Å². The van der Waals surface area contributed by atoms with Gasteiger partial charge in [0, 0.05) is 19.7 Å². The molecule has 5 rings (SSSR count). The molecule has 1 fully saturated rings. The van der Waals surface area contributed by atoms with Crippen LogP contribution in [-0.2, 0) is 18.9 Å². The molecule has 12 heteroatoms. The molecule has 1 aliphatic carbocycles. The molecular weight excluding hydrogens is 458 g/mol. The first kappa shape index (κ1) is 22.7. The van der Waals surface area contributed by atoms with Gasteiger partial charge in [-0.05, 0) is 43.4 Å². The smallest absolute Gasteiger partial charge is 0.238 e. The Bertz CT molecular complexity index is 1400. The highest BCUT2D eigenvalue weighted by atomic mass is 19.1. The van der Waals surface area contributed by atoms with Crippen molar-refractivity contribution in [3.05, 3.63) is 59.5 Å². The summed E-state index contributed by atoms with van der Waals surface area (Å²) >= 11 is 0. The van der Waals surface area contributed by atoms with Gasteiger partial charge in [-0.2, -0.15) is 15.1 Å². The molecular formula is C23H22F2N8O2. The summed E-state index contributed by atoms with van der Waals surface area (Å²) in [4.78, 5) is 29.1. The van der Waals surface area contributed by atoms with Crippen molar-refractivity contribution < 1.29 is 18.1 Å². The molecule has 0 atom stereocenters. The number of ketones is 1. The van der Waals surface area contributed by atoms with Crippen LogP contribution in [0.15, 0.2) is 35.4 Å². The lowest BCUT2D eigenvalue weighted by atomic mass is 9.98. The molecule has 35 heavy (non-hydrogen) atoms. The van der Waals surface area contributed by atoms with Crippen LogP contribution in [0.5, 0.6) is 0 Å². The van der Waals surface area contributed by atoms with Gasteiger partial charge in [0.15, 0.2) is 5.82 Å². The highest BCUT2D eigenvalue weighted by Gasteiger charge is 2.50. The monoisotopic (exact) mass is 480 g/mol. The average molecular weight is 480 g/mol. The first-order valence-electron chi connectivity index (χ1n) is 11.0. The lowest BCUT2D eigenvalue weighted by Gasteiger charge is -2.10. The van der Waals surface area contributed by atoms with E-state index in [1.165, 1.54) is 6.33 Å². The van der Waals surface area contributed by atoms with Crippen LogP contribution >= 0.6 is 0 Å². The minimum absolute atomic E-state index is 0.0617. The number of aryl methyl sites for hydroxylation is 2. The summed E-state index contributed by atoms with van der Waals surface area (Å²) < 4.78 is 35.2. The zero-order chi connectivity index (χ0) is 24.6. The van der Waals surface area contributed by atoms with Gasteiger partial charge in [0.1, 0.15) is 18.8 Å². The number of rotatable bonds is 9. The molecule has 0 unspecified atom stereocenters. The van der Waals surface area contributed by atoms with E-state index < -0.39 is 17.9 Å². The number of benzene rings is 1. The summed E-state index contributed by atoms with van der Waals surface area (Å²) in [5.74, 6) is -0.292. The normalized spacial score (nSPS) is 14.2. The van der Waals surface area contributed by atoms with E-state index in [0.717, 1.165) is 0 Å². The third kappa shape index (κ3) is 4.51. The minimum Gasteiger partial charge on any atom is -0.338 e. The third-order valence-corrected chi connectivity index (χ3v) is 6.13. The number of anilines is 2. The number of carbonyl (C=O) groups excluding carboxylic acids is 1. The first-order chi connectivity index (χ1) is 16.9. The Hall–Kier alpha value is -4.09. The number of halogens is 2. The molecule has 0 aliphatic heterocycles. The van der Waals surface area contributed by atoms with Crippen molar-refractivity contribution in [3.8, 4) is 11.4 Å². The summed E-state index contributed by atoms with van der Waals surface area (Å²) in [5.41, 5.74) is 1.24. The van der Waals surface area contributed by atoms with Crippen molar-refractivity contribution >= 4 is 17.4 Å². The van der Waals surface area contributed by atoms with E-state index >= 15 is 4.39 Å². The van der Waals surface area contributed by atoms with Crippen LogP contribution in [0, 0.1) is 12.7 Å². The Labute approximate surface area is 198 Å². The second kappa shape index (κ2) is 8.93. The summed E-state index contributed by atoms with van der Waals surface area (Å²) in [6, 6.07) is 3.32. The molecule has 0 bridgehead atoms. The van der Waals surface area contributed by atoms with E-state index in [4.69, 9.17) is 4.52 Å². The van der Waals surface area contributed by atoms with Crippen LogP contribution in [0.25, 0.3) is 11.4 Å². The second-order valence-corrected chi connectivity index (χ2v) is 8.63. The van der Waals surface area contributed by atoms with Crippen LogP contribution in [-0.4, -0.2) is 47.3 Å². The van der Waals surface area contributed by atoms with Gasteiger partial charge in [-0.1, -0.05) is 11.2 Å². The maximum Gasteiger partial charge on any atom is 0.238 e. The molecule has 10 nitrogen and oxygen atoms in total. The number of alkyl halides is 1. The predicted molar refractivity (Wildman–Crippen MR) is 120 cm³/mol. The average Bonchev–Trinajstić information content (AvgIpc) is 3.29. The Morgan fingerprint density at radius 3 is 2.80 bits per heavy atom. The number of nitrogens with one attached hydrogen (secondary N) is 1. The van der Waals surface area contributed by atoms with Crippen molar-refractivity contribution in [2.24, 2.45) is 7.05 Å². The molecule has 0 saturated heterocycles. The van der Waals surface area contributed by atoms with Crippen LogP contribution in [0.3, 0.4) is 0 Å². The highest BCUT2D eigenvalue weighted by molar-refractivity contribution is 5.92. The topological polar surface area (TPSA) is 125 Å². The number of nitrogens with zero attached hydrogens (tertiary/aromatic N) is 7. The van der Waals surface area contributed by atoms with Crippen LogP contribution < -0.4 is 5.32 Å². The molecule has 0 spiro atoms. The Morgan fingerprint density at radius 1 is 1.26 bits per heavy atom. The molecule has 1 N–H and O–H groups in total. The maximum atomic E-state index is 15.2. The van der Waals surface area contributed by atoms with E-state index in [-0.39, 0.29) is 47.7 Å². The molecule has 4 aromatic rings. The van der Waals surface area contributed by atoms with E-state index in [1.54, 1.807) is 43.2 Å². The fourth-order valence-electron chi connectivity index (χ4n) is 3.74. The summed E-state index contributed by atoms with van der Waals surface area (Å²) in [6.07, 6.45) is 6.28. The van der Waals surface area contributed by atoms with Gasteiger partial charge in [-0.15, -0.1) is 0 Å². The molecule has 0 radical (unpaired) electrons. The number of carbonyl (C=O) groups is 1.